The summed E-state index contributed by atoms with van der Waals surface area (Å²) in [6.45, 7) is 5.07. The highest BCUT2D eigenvalue weighted by atomic mass is 79.9. The fraction of sp³-hybridized carbons (Fsp3) is 0.267. The average Bonchev–Trinajstić information content (AvgIpc) is 2.34. The number of anilines is 1. The summed E-state index contributed by atoms with van der Waals surface area (Å²) < 4.78 is 1.10. The van der Waals surface area contributed by atoms with E-state index in [2.05, 4.69) is 57.4 Å². The summed E-state index contributed by atoms with van der Waals surface area (Å²) in [5, 5.41) is 4.51. The number of aryl methyl sites for hydroxylation is 2. The number of hydrogen-bond donors (Lipinski definition) is 1. The van der Waals surface area contributed by atoms with Crippen LogP contribution >= 0.6 is 27.7 Å². The van der Waals surface area contributed by atoms with Gasteiger partial charge in [0.25, 0.3) is 0 Å². The Morgan fingerprint density at radius 1 is 1.21 bits per heavy atom. The van der Waals surface area contributed by atoms with Gasteiger partial charge in [-0.25, -0.2) is 4.98 Å². The van der Waals surface area contributed by atoms with E-state index in [1.54, 1.807) is 11.8 Å². The van der Waals surface area contributed by atoms with Crippen LogP contribution in [0.1, 0.15) is 11.3 Å². The molecule has 100 valence electrons. The summed E-state index contributed by atoms with van der Waals surface area (Å²) >= 11 is 5.26. The molecule has 0 spiro atoms. The second-order valence-electron chi connectivity index (χ2n) is 4.41. The highest BCUT2D eigenvalue weighted by Gasteiger charge is 1.99. The van der Waals surface area contributed by atoms with Gasteiger partial charge in [-0.3, -0.25) is 0 Å². The van der Waals surface area contributed by atoms with Crippen molar-refractivity contribution in [3.05, 3.63) is 52.1 Å². The lowest BCUT2D eigenvalue weighted by molar-refractivity contribution is 1.04. The molecule has 0 amide bonds. The van der Waals surface area contributed by atoms with E-state index < -0.39 is 0 Å². The molecule has 0 bridgehead atoms. The molecule has 2 aromatic rings. The van der Waals surface area contributed by atoms with Gasteiger partial charge < -0.3 is 5.32 Å². The minimum atomic E-state index is 0.926. The molecule has 1 aromatic heterocycles. The Hall–Kier alpha value is -1.00. The lowest BCUT2D eigenvalue weighted by Gasteiger charge is -2.07. The number of hydrogen-bond acceptors (Lipinski definition) is 3. The van der Waals surface area contributed by atoms with Gasteiger partial charge in [0.05, 0.1) is 5.03 Å². The van der Waals surface area contributed by atoms with Crippen LogP contribution in [0.4, 0.5) is 5.69 Å². The van der Waals surface area contributed by atoms with Gasteiger partial charge >= 0.3 is 0 Å². The summed E-state index contributed by atoms with van der Waals surface area (Å²) in [5.74, 6) is 1.00. The number of thioether (sulfide) groups is 1. The number of nitrogens with zero attached hydrogens (tertiary/aromatic N) is 1. The predicted molar refractivity (Wildman–Crippen MR) is 87.1 cm³/mol. The van der Waals surface area contributed by atoms with Crippen LogP contribution in [-0.2, 0) is 0 Å². The third-order valence-corrected chi connectivity index (χ3v) is 3.99. The van der Waals surface area contributed by atoms with Gasteiger partial charge in [-0.05, 0) is 49.7 Å². The van der Waals surface area contributed by atoms with Gasteiger partial charge in [0.1, 0.15) is 0 Å². The van der Waals surface area contributed by atoms with E-state index in [-0.39, 0.29) is 0 Å². The third kappa shape index (κ3) is 4.88. The number of aromatic nitrogens is 1. The second kappa shape index (κ2) is 6.96. The number of pyridine rings is 1. The van der Waals surface area contributed by atoms with Crippen molar-refractivity contribution in [3.8, 4) is 0 Å². The maximum absolute atomic E-state index is 4.52. The summed E-state index contributed by atoms with van der Waals surface area (Å²) in [4.78, 5) is 4.52. The van der Waals surface area contributed by atoms with Crippen LogP contribution in [0.25, 0.3) is 0 Å². The monoisotopic (exact) mass is 336 g/mol. The molecule has 0 aliphatic heterocycles. The van der Waals surface area contributed by atoms with Crippen molar-refractivity contribution in [2.45, 2.75) is 18.9 Å². The second-order valence-corrected chi connectivity index (χ2v) is 6.44. The number of nitrogens with one attached hydrogen (secondary N) is 1. The summed E-state index contributed by atoms with van der Waals surface area (Å²) in [6, 6.07) is 12.5. The van der Waals surface area contributed by atoms with Crippen LogP contribution in [-0.4, -0.2) is 17.3 Å². The van der Waals surface area contributed by atoms with Crippen LogP contribution in [0.2, 0.25) is 0 Å². The van der Waals surface area contributed by atoms with Gasteiger partial charge in [-0.2, -0.15) is 0 Å². The highest BCUT2D eigenvalue weighted by Crippen LogP contribution is 2.19. The van der Waals surface area contributed by atoms with Gasteiger partial charge in [0, 0.05) is 28.2 Å². The molecule has 2 rings (SSSR count). The Morgan fingerprint density at radius 2 is 2.05 bits per heavy atom. The molecular weight excluding hydrogens is 320 g/mol. The van der Waals surface area contributed by atoms with E-state index in [1.807, 2.05) is 19.1 Å². The van der Waals surface area contributed by atoms with Gasteiger partial charge in [0.2, 0.25) is 0 Å². The molecule has 1 N–H and O–H groups in total. The number of halogens is 1. The van der Waals surface area contributed by atoms with Crippen LogP contribution in [0.5, 0.6) is 0 Å². The first-order valence-corrected chi connectivity index (χ1v) is 7.99. The van der Waals surface area contributed by atoms with Crippen LogP contribution < -0.4 is 5.32 Å². The maximum Gasteiger partial charge on any atom is 0.0966 e. The summed E-state index contributed by atoms with van der Waals surface area (Å²) in [6.07, 6.45) is 0. The Morgan fingerprint density at radius 3 is 2.79 bits per heavy atom. The molecular formula is C15H17BrN2S. The zero-order valence-corrected chi connectivity index (χ0v) is 13.5. The third-order valence-electron chi connectivity index (χ3n) is 2.58. The summed E-state index contributed by atoms with van der Waals surface area (Å²) in [5.41, 5.74) is 3.50. The molecule has 2 nitrogen and oxygen atoms in total. The molecule has 0 atom stereocenters. The first kappa shape index (κ1) is 14.4. The molecule has 19 heavy (non-hydrogen) atoms. The first-order valence-electron chi connectivity index (χ1n) is 6.21. The fourth-order valence-electron chi connectivity index (χ4n) is 1.83. The Kier molecular flexibility index (Phi) is 5.28. The van der Waals surface area contributed by atoms with Crippen LogP contribution in [0, 0.1) is 13.8 Å². The van der Waals surface area contributed by atoms with Crippen LogP contribution in [0.3, 0.4) is 0 Å². The van der Waals surface area contributed by atoms with E-state index >= 15 is 0 Å². The smallest absolute Gasteiger partial charge is 0.0966 e. The highest BCUT2D eigenvalue weighted by molar-refractivity contribution is 9.10. The van der Waals surface area contributed by atoms with Crippen molar-refractivity contribution in [1.82, 2.24) is 4.98 Å². The minimum Gasteiger partial charge on any atom is -0.384 e. The lowest BCUT2D eigenvalue weighted by atomic mass is 10.3. The molecule has 0 saturated carbocycles. The van der Waals surface area contributed by atoms with Crippen molar-refractivity contribution in [1.29, 1.82) is 0 Å². The van der Waals surface area contributed by atoms with E-state index in [0.29, 0.717) is 0 Å². The Labute approximate surface area is 127 Å². The predicted octanol–water partition coefficient (Wildman–Crippen LogP) is 4.67. The lowest BCUT2D eigenvalue weighted by Crippen LogP contribution is -2.04. The molecule has 0 aliphatic carbocycles. The van der Waals surface area contributed by atoms with Crippen LogP contribution in [0.15, 0.2) is 45.9 Å². The van der Waals surface area contributed by atoms with E-state index in [1.165, 1.54) is 5.56 Å². The largest absolute Gasteiger partial charge is 0.384 e. The normalized spacial score (nSPS) is 10.5. The van der Waals surface area contributed by atoms with Gasteiger partial charge in [-0.15, -0.1) is 11.8 Å². The molecule has 1 aromatic carbocycles. The molecule has 0 saturated heterocycles. The average molecular weight is 337 g/mol. The molecule has 1 heterocycles. The zero-order valence-electron chi connectivity index (χ0n) is 11.1. The van der Waals surface area contributed by atoms with Crippen molar-refractivity contribution in [3.63, 3.8) is 0 Å². The zero-order chi connectivity index (χ0) is 13.7. The molecule has 0 radical (unpaired) electrons. The SMILES string of the molecule is Cc1cc(C)nc(SCCNc2cccc(Br)c2)c1. The maximum atomic E-state index is 4.52. The topological polar surface area (TPSA) is 24.9 Å². The molecule has 0 fully saturated rings. The van der Waals surface area contributed by atoms with Gasteiger partial charge in [-0.1, -0.05) is 22.0 Å². The Bertz CT molecular complexity index is 537. The number of benzene rings is 1. The fourth-order valence-corrected chi connectivity index (χ4v) is 3.12. The summed E-state index contributed by atoms with van der Waals surface area (Å²) in [7, 11) is 0. The van der Waals surface area contributed by atoms with E-state index in [0.717, 1.165) is 33.2 Å². The Balaban J connectivity index is 1.80. The molecule has 0 aliphatic rings. The molecule has 0 unspecified atom stereocenters. The minimum absolute atomic E-state index is 0.926. The quantitative estimate of drug-likeness (QED) is 0.634. The standard InChI is InChI=1S/C15H17BrN2S/c1-11-8-12(2)18-15(9-11)19-7-6-17-14-5-3-4-13(16)10-14/h3-5,8-10,17H,6-7H2,1-2H3. The van der Waals surface area contributed by atoms with E-state index in [9.17, 15) is 0 Å². The first-order chi connectivity index (χ1) is 9.13. The molecule has 4 heteroatoms. The van der Waals surface area contributed by atoms with Crippen molar-refractivity contribution >= 4 is 33.4 Å². The van der Waals surface area contributed by atoms with Gasteiger partial charge in [0.15, 0.2) is 0 Å². The van der Waals surface area contributed by atoms with Crippen molar-refractivity contribution in [2.75, 3.05) is 17.6 Å². The number of rotatable bonds is 5. The van der Waals surface area contributed by atoms with Crippen molar-refractivity contribution < 1.29 is 0 Å². The van der Waals surface area contributed by atoms with Crippen molar-refractivity contribution in [2.24, 2.45) is 0 Å². The van der Waals surface area contributed by atoms with E-state index in [4.69, 9.17) is 0 Å².